The van der Waals surface area contributed by atoms with Crippen LogP contribution >= 0.6 is 0 Å². The summed E-state index contributed by atoms with van der Waals surface area (Å²) in [5.74, 6) is -0.0178. The van der Waals surface area contributed by atoms with Crippen LogP contribution in [0.3, 0.4) is 0 Å². The van der Waals surface area contributed by atoms with Gasteiger partial charge in [0.1, 0.15) is 11.3 Å². The van der Waals surface area contributed by atoms with E-state index in [1.807, 2.05) is 30.3 Å². The van der Waals surface area contributed by atoms with Crippen LogP contribution in [0.25, 0.3) is 0 Å². The molecule has 2 N–H and O–H groups in total. The second-order valence-electron chi connectivity index (χ2n) is 8.76. The Morgan fingerprint density at radius 1 is 0.946 bits per heavy atom. The van der Waals surface area contributed by atoms with E-state index in [2.05, 4.69) is 10.0 Å². The smallest absolute Gasteiger partial charge is 0.330 e. The van der Waals surface area contributed by atoms with E-state index in [0.717, 1.165) is 9.87 Å². The number of anilines is 2. The molecule has 0 aliphatic heterocycles. The lowest BCUT2D eigenvalue weighted by Crippen LogP contribution is -2.56. The number of methoxy groups -OCH3 is 1. The van der Waals surface area contributed by atoms with Crippen LogP contribution in [-0.4, -0.2) is 46.6 Å². The predicted molar refractivity (Wildman–Crippen MR) is 143 cm³/mol. The van der Waals surface area contributed by atoms with Gasteiger partial charge in [-0.3, -0.25) is 9.10 Å². The molecule has 3 aromatic rings. The van der Waals surface area contributed by atoms with Crippen molar-refractivity contribution in [3.63, 3.8) is 0 Å². The van der Waals surface area contributed by atoms with Crippen molar-refractivity contribution in [1.82, 2.24) is 10.0 Å². The Balaban J connectivity index is 1.58. The highest BCUT2D eigenvalue weighted by atomic mass is 32.2. The SMILES string of the molecule is CCN(c1ccccc1)S(=O)(=O)NC(=O)NC1(C(=O)N(C)c2ccc(OC)cc2)CC1c1ccccc1. The van der Waals surface area contributed by atoms with E-state index in [9.17, 15) is 18.0 Å². The van der Waals surface area contributed by atoms with Gasteiger partial charge in [-0.1, -0.05) is 48.5 Å². The molecule has 1 saturated carbocycles. The summed E-state index contributed by atoms with van der Waals surface area (Å²) in [7, 11) is -1.05. The van der Waals surface area contributed by atoms with E-state index in [1.165, 1.54) is 4.90 Å². The summed E-state index contributed by atoms with van der Waals surface area (Å²) in [5.41, 5.74) is 0.602. The number of benzene rings is 3. The van der Waals surface area contributed by atoms with E-state index in [4.69, 9.17) is 4.74 Å². The molecule has 0 heterocycles. The first-order chi connectivity index (χ1) is 17.7. The van der Waals surface area contributed by atoms with Gasteiger partial charge in [0.25, 0.3) is 5.91 Å². The predicted octanol–water partition coefficient (Wildman–Crippen LogP) is 3.65. The average molecular weight is 523 g/mol. The minimum absolute atomic E-state index is 0.115. The lowest BCUT2D eigenvalue weighted by atomic mass is 10.0. The van der Waals surface area contributed by atoms with Gasteiger partial charge >= 0.3 is 16.2 Å². The average Bonchev–Trinajstić information content (AvgIpc) is 3.63. The molecule has 1 aliphatic rings. The van der Waals surface area contributed by atoms with Crippen molar-refractivity contribution < 1.29 is 22.7 Å². The Kier molecular flexibility index (Phi) is 7.40. The monoisotopic (exact) mass is 522 g/mol. The van der Waals surface area contributed by atoms with Crippen LogP contribution in [0.2, 0.25) is 0 Å². The minimum Gasteiger partial charge on any atom is -0.497 e. The Bertz CT molecular complexity index is 1350. The second-order valence-corrected chi connectivity index (χ2v) is 10.4. The fourth-order valence-corrected chi connectivity index (χ4v) is 5.62. The molecule has 1 fully saturated rings. The molecule has 3 aromatic carbocycles. The van der Waals surface area contributed by atoms with Gasteiger partial charge < -0.3 is 15.0 Å². The van der Waals surface area contributed by atoms with Gasteiger partial charge in [0.2, 0.25) is 0 Å². The molecule has 0 aromatic heterocycles. The highest BCUT2D eigenvalue weighted by Gasteiger charge is 2.63. The van der Waals surface area contributed by atoms with Crippen LogP contribution < -0.4 is 24.0 Å². The summed E-state index contributed by atoms with van der Waals surface area (Å²) < 4.78 is 34.5. The van der Waals surface area contributed by atoms with Gasteiger partial charge in [-0.15, -0.1) is 0 Å². The first-order valence-electron chi connectivity index (χ1n) is 11.9. The van der Waals surface area contributed by atoms with Crippen LogP contribution in [0.4, 0.5) is 16.2 Å². The van der Waals surface area contributed by atoms with Crippen molar-refractivity contribution in [2.45, 2.75) is 24.8 Å². The summed E-state index contributed by atoms with van der Waals surface area (Å²) >= 11 is 0. The molecule has 37 heavy (non-hydrogen) atoms. The van der Waals surface area contributed by atoms with Crippen molar-refractivity contribution in [1.29, 1.82) is 0 Å². The number of carbonyl (C=O) groups excluding carboxylic acids is 2. The fourth-order valence-electron chi connectivity index (χ4n) is 4.49. The zero-order valence-electron chi connectivity index (χ0n) is 20.9. The van der Waals surface area contributed by atoms with Gasteiger partial charge in [0.15, 0.2) is 0 Å². The standard InChI is InChI=1S/C27H30N4O5S/c1-4-31(22-13-9-6-10-14-22)37(34,35)29-26(33)28-27(19-24(27)20-11-7-5-8-12-20)25(32)30(2)21-15-17-23(36-3)18-16-21/h5-18,24H,4,19H2,1-3H3,(H2,28,29,33). The van der Waals surface area contributed by atoms with E-state index < -0.39 is 21.8 Å². The maximum absolute atomic E-state index is 13.8. The topological polar surface area (TPSA) is 108 Å². The largest absolute Gasteiger partial charge is 0.497 e. The van der Waals surface area contributed by atoms with Crippen LogP contribution in [-0.2, 0) is 15.0 Å². The highest BCUT2D eigenvalue weighted by molar-refractivity contribution is 7.91. The molecule has 0 spiro atoms. The number of ether oxygens (including phenoxy) is 1. The first kappa shape index (κ1) is 26.0. The zero-order valence-corrected chi connectivity index (χ0v) is 21.7. The highest BCUT2D eigenvalue weighted by Crippen LogP contribution is 2.52. The third kappa shape index (κ3) is 5.39. The van der Waals surface area contributed by atoms with Crippen molar-refractivity contribution in [3.05, 3.63) is 90.5 Å². The maximum Gasteiger partial charge on any atom is 0.330 e. The maximum atomic E-state index is 13.8. The van der Waals surface area contributed by atoms with Crippen LogP contribution in [0.15, 0.2) is 84.9 Å². The lowest BCUT2D eigenvalue weighted by Gasteiger charge is -2.27. The molecule has 2 atom stereocenters. The number of carbonyl (C=O) groups is 2. The summed E-state index contributed by atoms with van der Waals surface area (Å²) in [6.45, 7) is 1.79. The number of nitrogens with one attached hydrogen (secondary N) is 2. The number of para-hydroxylation sites is 1. The normalized spacial score (nSPS) is 18.4. The Labute approximate surface area is 217 Å². The van der Waals surface area contributed by atoms with Crippen molar-refractivity contribution in [2.24, 2.45) is 0 Å². The summed E-state index contributed by atoms with van der Waals surface area (Å²) in [4.78, 5) is 28.3. The lowest BCUT2D eigenvalue weighted by molar-refractivity contribution is -0.121. The Morgan fingerprint density at radius 2 is 1.54 bits per heavy atom. The van der Waals surface area contributed by atoms with Gasteiger partial charge in [0.05, 0.1) is 12.8 Å². The number of likely N-dealkylation sites (N-methyl/N-ethyl adjacent to an activating group) is 1. The Hall–Kier alpha value is -4.05. The third-order valence-electron chi connectivity index (χ3n) is 6.49. The molecular formula is C27H30N4O5S. The van der Waals surface area contributed by atoms with E-state index in [-0.39, 0.29) is 18.4 Å². The second kappa shape index (κ2) is 10.5. The molecule has 0 saturated heterocycles. The molecule has 4 rings (SSSR count). The van der Waals surface area contributed by atoms with Crippen molar-refractivity contribution in [2.75, 3.05) is 29.9 Å². The van der Waals surface area contributed by atoms with Gasteiger partial charge in [-0.25, -0.2) is 9.52 Å². The van der Waals surface area contributed by atoms with Crippen LogP contribution in [0.5, 0.6) is 5.75 Å². The van der Waals surface area contributed by atoms with E-state index in [1.54, 1.807) is 75.7 Å². The van der Waals surface area contributed by atoms with Crippen molar-refractivity contribution in [3.8, 4) is 5.75 Å². The quantitative estimate of drug-likeness (QED) is 0.446. The van der Waals surface area contributed by atoms with Crippen molar-refractivity contribution >= 4 is 33.5 Å². The molecule has 0 bridgehead atoms. The zero-order chi connectivity index (χ0) is 26.6. The molecule has 9 nitrogen and oxygen atoms in total. The first-order valence-corrected chi connectivity index (χ1v) is 13.3. The summed E-state index contributed by atoms with van der Waals surface area (Å²) in [6.07, 6.45) is 0.333. The molecule has 10 heteroatoms. The molecule has 2 unspecified atom stereocenters. The molecule has 194 valence electrons. The number of nitrogens with zero attached hydrogens (tertiary/aromatic N) is 2. The Morgan fingerprint density at radius 3 is 2.11 bits per heavy atom. The molecular weight excluding hydrogens is 492 g/mol. The summed E-state index contributed by atoms with van der Waals surface area (Å²) in [6, 6.07) is 23.8. The van der Waals surface area contributed by atoms with E-state index in [0.29, 0.717) is 23.5 Å². The molecule has 3 amide bonds. The van der Waals surface area contributed by atoms with Crippen LogP contribution in [0, 0.1) is 0 Å². The van der Waals surface area contributed by atoms with Gasteiger partial charge in [-0.2, -0.15) is 8.42 Å². The summed E-state index contributed by atoms with van der Waals surface area (Å²) in [5, 5.41) is 2.70. The van der Waals surface area contributed by atoms with Gasteiger partial charge in [0, 0.05) is 25.2 Å². The number of urea groups is 1. The number of amides is 3. The third-order valence-corrected chi connectivity index (χ3v) is 7.98. The number of hydrogen-bond acceptors (Lipinski definition) is 5. The van der Waals surface area contributed by atoms with Crippen LogP contribution in [0.1, 0.15) is 24.8 Å². The van der Waals surface area contributed by atoms with Gasteiger partial charge in [-0.05, 0) is 55.3 Å². The molecule has 1 aliphatic carbocycles. The number of hydrogen-bond donors (Lipinski definition) is 2. The minimum atomic E-state index is -4.22. The number of rotatable bonds is 9. The fraction of sp³-hybridized carbons (Fsp3) is 0.259. The van der Waals surface area contributed by atoms with E-state index >= 15 is 0 Å². The molecule has 0 radical (unpaired) electrons.